The number of hydrogen-bond donors (Lipinski definition) is 2. The first-order chi connectivity index (χ1) is 11.0. The van der Waals surface area contributed by atoms with Crippen LogP contribution in [0.1, 0.15) is 35.0 Å². The highest BCUT2D eigenvalue weighted by Crippen LogP contribution is 2.13. The second kappa shape index (κ2) is 8.29. The number of carbonyl (C=O) groups is 1. The van der Waals surface area contributed by atoms with Gasteiger partial charge in [-0.05, 0) is 50.1 Å². The molecule has 1 heterocycles. The number of aliphatic hydroxyl groups excluding tert-OH is 1. The van der Waals surface area contributed by atoms with Crippen molar-refractivity contribution in [3.05, 3.63) is 59.4 Å². The van der Waals surface area contributed by atoms with E-state index in [4.69, 9.17) is 4.74 Å². The summed E-state index contributed by atoms with van der Waals surface area (Å²) in [5.74, 6) is 0.548. The topological polar surface area (TPSA) is 71.5 Å². The minimum Gasteiger partial charge on any atom is -0.487 e. The van der Waals surface area contributed by atoms with Gasteiger partial charge in [-0.15, -0.1) is 0 Å². The summed E-state index contributed by atoms with van der Waals surface area (Å²) in [6, 6.07) is 11.1. The molecule has 1 atom stereocenters. The number of hydrogen-bond acceptors (Lipinski definition) is 4. The largest absolute Gasteiger partial charge is 0.487 e. The second-order valence-electron chi connectivity index (χ2n) is 5.52. The molecule has 0 radical (unpaired) electrons. The van der Waals surface area contributed by atoms with Crippen molar-refractivity contribution in [3.63, 3.8) is 0 Å². The van der Waals surface area contributed by atoms with Gasteiger partial charge in [0.15, 0.2) is 0 Å². The zero-order valence-electron chi connectivity index (χ0n) is 13.5. The number of benzene rings is 1. The molecule has 0 saturated carbocycles. The van der Waals surface area contributed by atoms with Crippen molar-refractivity contribution < 1.29 is 14.6 Å². The first kappa shape index (κ1) is 17.0. The predicted molar refractivity (Wildman–Crippen MR) is 88.4 cm³/mol. The maximum absolute atomic E-state index is 12.0. The third-order valence-electron chi connectivity index (χ3n) is 3.33. The Labute approximate surface area is 136 Å². The molecule has 0 saturated heterocycles. The molecule has 0 aliphatic rings. The van der Waals surface area contributed by atoms with Gasteiger partial charge in [-0.25, -0.2) is 0 Å². The average Bonchev–Trinajstić information content (AvgIpc) is 2.54. The molecule has 1 aromatic heterocycles. The lowest BCUT2D eigenvalue weighted by Crippen LogP contribution is -2.26. The minimum absolute atomic E-state index is 0.149. The van der Waals surface area contributed by atoms with E-state index in [1.807, 2.05) is 31.2 Å². The van der Waals surface area contributed by atoms with Crippen LogP contribution < -0.4 is 10.1 Å². The zero-order valence-corrected chi connectivity index (χ0v) is 13.5. The molecule has 2 N–H and O–H groups in total. The SMILES string of the molecule is Cc1ccc(OCc2cccc(C(=O)NCCC(C)O)c2)cn1. The molecule has 2 aromatic rings. The number of carbonyl (C=O) groups excluding carboxylic acids is 1. The summed E-state index contributed by atoms with van der Waals surface area (Å²) in [5.41, 5.74) is 2.43. The van der Waals surface area contributed by atoms with Crippen molar-refractivity contribution in [3.8, 4) is 5.75 Å². The van der Waals surface area contributed by atoms with E-state index in [-0.39, 0.29) is 5.91 Å². The lowest BCUT2D eigenvalue weighted by molar-refractivity contribution is 0.0945. The van der Waals surface area contributed by atoms with Crippen molar-refractivity contribution in [2.45, 2.75) is 33.0 Å². The first-order valence-corrected chi connectivity index (χ1v) is 7.65. The Kier molecular flexibility index (Phi) is 6.11. The second-order valence-corrected chi connectivity index (χ2v) is 5.52. The van der Waals surface area contributed by atoms with Gasteiger partial charge in [0.05, 0.1) is 12.3 Å². The van der Waals surface area contributed by atoms with Crippen LogP contribution >= 0.6 is 0 Å². The van der Waals surface area contributed by atoms with Crippen LogP contribution in [0.25, 0.3) is 0 Å². The van der Waals surface area contributed by atoms with Gasteiger partial charge in [0.2, 0.25) is 0 Å². The smallest absolute Gasteiger partial charge is 0.251 e. The third kappa shape index (κ3) is 5.71. The van der Waals surface area contributed by atoms with Gasteiger partial charge < -0.3 is 15.2 Å². The Morgan fingerprint density at radius 3 is 2.87 bits per heavy atom. The quantitative estimate of drug-likeness (QED) is 0.823. The van der Waals surface area contributed by atoms with E-state index in [0.29, 0.717) is 30.9 Å². The van der Waals surface area contributed by atoms with Crippen molar-refractivity contribution >= 4 is 5.91 Å². The molecule has 1 aromatic carbocycles. The summed E-state index contributed by atoms with van der Waals surface area (Å²) < 4.78 is 5.67. The number of nitrogens with one attached hydrogen (secondary N) is 1. The van der Waals surface area contributed by atoms with E-state index in [0.717, 1.165) is 11.3 Å². The lowest BCUT2D eigenvalue weighted by Gasteiger charge is -2.09. The number of aliphatic hydroxyl groups is 1. The Morgan fingerprint density at radius 1 is 1.35 bits per heavy atom. The van der Waals surface area contributed by atoms with Gasteiger partial charge >= 0.3 is 0 Å². The molecular weight excluding hydrogens is 292 g/mol. The number of nitrogens with zero attached hydrogens (tertiary/aromatic N) is 1. The van der Waals surface area contributed by atoms with Crippen LogP contribution in [-0.4, -0.2) is 28.6 Å². The Morgan fingerprint density at radius 2 is 2.17 bits per heavy atom. The highest BCUT2D eigenvalue weighted by molar-refractivity contribution is 5.94. The molecule has 0 aliphatic carbocycles. The fraction of sp³-hybridized carbons (Fsp3) is 0.333. The normalized spacial score (nSPS) is 11.8. The fourth-order valence-electron chi connectivity index (χ4n) is 2.01. The standard InChI is InChI=1S/C18H22N2O3/c1-13-6-7-17(11-20-13)23-12-15-4-3-5-16(10-15)18(22)19-9-8-14(2)21/h3-7,10-11,14,21H,8-9,12H2,1-2H3,(H,19,22). The lowest BCUT2D eigenvalue weighted by atomic mass is 10.1. The van der Waals surface area contributed by atoms with Gasteiger partial charge in [0.25, 0.3) is 5.91 Å². The summed E-state index contributed by atoms with van der Waals surface area (Å²) in [6.07, 6.45) is 1.80. The fourth-order valence-corrected chi connectivity index (χ4v) is 2.01. The van der Waals surface area contributed by atoms with Gasteiger partial charge in [0, 0.05) is 17.8 Å². The van der Waals surface area contributed by atoms with Gasteiger partial charge in [-0.2, -0.15) is 0 Å². The van der Waals surface area contributed by atoms with Crippen LogP contribution in [0.4, 0.5) is 0 Å². The highest BCUT2D eigenvalue weighted by Gasteiger charge is 2.07. The van der Waals surface area contributed by atoms with E-state index in [9.17, 15) is 9.90 Å². The van der Waals surface area contributed by atoms with Crippen LogP contribution in [0.5, 0.6) is 5.75 Å². The molecule has 2 rings (SSSR count). The number of pyridine rings is 1. The molecule has 5 heteroatoms. The molecule has 0 fully saturated rings. The predicted octanol–water partition coefficient (Wildman–Crippen LogP) is 2.47. The molecule has 23 heavy (non-hydrogen) atoms. The highest BCUT2D eigenvalue weighted by atomic mass is 16.5. The van der Waals surface area contributed by atoms with Gasteiger partial charge in [-0.3, -0.25) is 9.78 Å². The maximum atomic E-state index is 12.0. The Balaban J connectivity index is 1.91. The average molecular weight is 314 g/mol. The van der Waals surface area contributed by atoms with Crippen molar-refractivity contribution in [2.24, 2.45) is 0 Å². The summed E-state index contributed by atoms with van der Waals surface area (Å²) in [7, 11) is 0. The summed E-state index contributed by atoms with van der Waals surface area (Å²) in [4.78, 5) is 16.2. The van der Waals surface area contributed by atoms with Crippen LogP contribution in [0.2, 0.25) is 0 Å². The van der Waals surface area contributed by atoms with E-state index < -0.39 is 6.10 Å². The molecule has 0 aliphatic heterocycles. The number of ether oxygens (including phenoxy) is 1. The third-order valence-corrected chi connectivity index (χ3v) is 3.33. The number of aromatic nitrogens is 1. The molecule has 1 unspecified atom stereocenters. The summed E-state index contributed by atoms with van der Waals surface area (Å²) in [5, 5.41) is 12.0. The number of aryl methyl sites for hydroxylation is 1. The molecule has 0 bridgehead atoms. The van der Waals surface area contributed by atoms with E-state index >= 15 is 0 Å². The minimum atomic E-state index is -0.418. The van der Waals surface area contributed by atoms with E-state index in [1.165, 1.54) is 0 Å². The summed E-state index contributed by atoms with van der Waals surface area (Å²) in [6.45, 7) is 4.44. The van der Waals surface area contributed by atoms with E-state index in [1.54, 1.807) is 25.3 Å². The zero-order chi connectivity index (χ0) is 16.7. The molecule has 5 nitrogen and oxygen atoms in total. The van der Waals surface area contributed by atoms with Crippen molar-refractivity contribution in [1.29, 1.82) is 0 Å². The monoisotopic (exact) mass is 314 g/mol. The van der Waals surface area contributed by atoms with E-state index in [2.05, 4.69) is 10.3 Å². The van der Waals surface area contributed by atoms with Crippen LogP contribution in [0.15, 0.2) is 42.6 Å². The van der Waals surface area contributed by atoms with Crippen molar-refractivity contribution in [1.82, 2.24) is 10.3 Å². The van der Waals surface area contributed by atoms with Crippen molar-refractivity contribution in [2.75, 3.05) is 6.54 Å². The molecular formula is C18H22N2O3. The van der Waals surface area contributed by atoms with Crippen LogP contribution in [0.3, 0.4) is 0 Å². The van der Waals surface area contributed by atoms with Crippen LogP contribution in [-0.2, 0) is 6.61 Å². The first-order valence-electron chi connectivity index (χ1n) is 7.65. The Hall–Kier alpha value is -2.40. The number of amides is 1. The summed E-state index contributed by atoms with van der Waals surface area (Å²) >= 11 is 0. The Bertz CT molecular complexity index is 639. The molecule has 0 spiro atoms. The number of rotatable bonds is 7. The maximum Gasteiger partial charge on any atom is 0.251 e. The molecule has 122 valence electrons. The van der Waals surface area contributed by atoms with Crippen LogP contribution in [0, 0.1) is 6.92 Å². The van der Waals surface area contributed by atoms with Gasteiger partial charge in [0.1, 0.15) is 12.4 Å². The van der Waals surface area contributed by atoms with Gasteiger partial charge in [-0.1, -0.05) is 12.1 Å². The molecule has 1 amide bonds.